The standard InChI is InChI=1S/C7H7N5S/c8-5-6(10-2-1-9-5)13-7-11-3-4-12-7/h1-4H,(H2,8,9)(H,11,12). The summed E-state index contributed by atoms with van der Waals surface area (Å²) in [6, 6.07) is 0. The maximum atomic E-state index is 5.60. The SMILES string of the molecule is Nc1nccnc1Sc1ncc[nH]1. The highest BCUT2D eigenvalue weighted by Gasteiger charge is 2.04. The van der Waals surface area contributed by atoms with Crippen LogP contribution in [0.3, 0.4) is 0 Å². The van der Waals surface area contributed by atoms with Gasteiger partial charge in [0, 0.05) is 24.8 Å². The molecule has 0 aliphatic carbocycles. The molecule has 0 saturated heterocycles. The number of nitrogen functional groups attached to an aromatic ring is 1. The second-order valence-electron chi connectivity index (χ2n) is 2.24. The Bertz CT molecular complexity index is 386. The van der Waals surface area contributed by atoms with Crippen LogP contribution in [0.15, 0.2) is 35.0 Å². The van der Waals surface area contributed by atoms with Gasteiger partial charge >= 0.3 is 0 Å². The summed E-state index contributed by atoms with van der Waals surface area (Å²) >= 11 is 1.36. The van der Waals surface area contributed by atoms with Crippen molar-refractivity contribution in [1.29, 1.82) is 0 Å². The minimum absolute atomic E-state index is 0.420. The molecule has 0 unspecified atom stereocenters. The predicted octanol–water partition coefficient (Wildman–Crippen LogP) is 0.933. The molecule has 0 aromatic carbocycles. The molecule has 13 heavy (non-hydrogen) atoms. The van der Waals surface area contributed by atoms with E-state index in [0.29, 0.717) is 10.8 Å². The van der Waals surface area contributed by atoms with Crippen molar-refractivity contribution < 1.29 is 0 Å². The van der Waals surface area contributed by atoms with Crippen molar-refractivity contribution in [3.8, 4) is 0 Å². The number of aromatic amines is 1. The highest BCUT2D eigenvalue weighted by atomic mass is 32.2. The fourth-order valence-corrected chi connectivity index (χ4v) is 1.51. The summed E-state index contributed by atoms with van der Waals surface area (Å²) < 4.78 is 0. The van der Waals surface area contributed by atoms with Gasteiger partial charge in [-0.2, -0.15) is 0 Å². The first-order chi connectivity index (χ1) is 6.36. The van der Waals surface area contributed by atoms with Crippen LogP contribution in [-0.4, -0.2) is 19.9 Å². The lowest BCUT2D eigenvalue weighted by molar-refractivity contribution is 1.02. The van der Waals surface area contributed by atoms with E-state index in [-0.39, 0.29) is 0 Å². The number of nitrogens with one attached hydrogen (secondary N) is 1. The van der Waals surface area contributed by atoms with Crippen LogP contribution in [-0.2, 0) is 0 Å². The minimum Gasteiger partial charge on any atom is -0.381 e. The molecular formula is C7H7N5S. The summed E-state index contributed by atoms with van der Waals surface area (Å²) in [5.41, 5.74) is 5.60. The van der Waals surface area contributed by atoms with E-state index in [0.717, 1.165) is 5.16 Å². The third-order valence-electron chi connectivity index (χ3n) is 1.36. The molecule has 0 radical (unpaired) electrons. The second-order valence-corrected chi connectivity index (χ2v) is 3.22. The van der Waals surface area contributed by atoms with Gasteiger partial charge in [-0.25, -0.2) is 15.0 Å². The third kappa shape index (κ3) is 1.78. The largest absolute Gasteiger partial charge is 0.381 e. The normalized spacial score (nSPS) is 10.2. The van der Waals surface area contributed by atoms with Crippen LogP contribution in [0, 0.1) is 0 Å². The van der Waals surface area contributed by atoms with Crippen molar-refractivity contribution in [1.82, 2.24) is 19.9 Å². The van der Waals surface area contributed by atoms with E-state index < -0.39 is 0 Å². The number of rotatable bonds is 2. The molecule has 0 amide bonds. The summed E-state index contributed by atoms with van der Waals surface area (Å²) in [6.07, 6.45) is 6.58. The molecule has 66 valence electrons. The van der Waals surface area contributed by atoms with Gasteiger partial charge in [0.1, 0.15) is 5.03 Å². The van der Waals surface area contributed by atoms with Crippen molar-refractivity contribution >= 4 is 17.6 Å². The zero-order valence-electron chi connectivity index (χ0n) is 6.64. The number of hydrogen-bond donors (Lipinski definition) is 2. The van der Waals surface area contributed by atoms with E-state index >= 15 is 0 Å². The van der Waals surface area contributed by atoms with Crippen LogP contribution in [0.1, 0.15) is 0 Å². The van der Waals surface area contributed by atoms with Crippen LogP contribution < -0.4 is 5.73 Å². The lowest BCUT2D eigenvalue weighted by Gasteiger charge is -1.98. The Morgan fingerprint density at radius 3 is 2.69 bits per heavy atom. The van der Waals surface area contributed by atoms with Crippen LogP contribution in [0.25, 0.3) is 0 Å². The number of hydrogen-bond acceptors (Lipinski definition) is 5. The van der Waals surface area contributed by atoms with Crippen molar-refractivity contribution in [3.05, 3.63) is 24.8 Å². The summed E-state index contributed by atoms with van der Waals surface area (Å²) in [4.78, 5) is 15.0. The molecule has 2 heterocycles. The molecule has 0 aliphatic heterocycles. The van der Waals surface area contributed by atoms with Gasteiger partial charge in [0.2, 0.25) is 0 Å². The smallest absolute Gasteiger partial charge is 0.171 e. The Kier molecular flexibility index (Phi) is 2.13. The summed E-state index contributed by atoms with van der Waals surface area (Å²) in [5, 5.41) is 1.42. The third-order valence-corrected chi connectivity index (χ3v) is 2.28. The maximum absolute atomic E-state index is 5.60. The molecular weight excluding hydrogens is 186 g/mol. The summed E-state index contributed by atoms with van der Waals surface area (Å²) in [6.45, 7) is 0. The molecule has 2 aromatic heterocycles. The van der Waals surface area contributed by atoms with E-state index in [9.17, 15) is 0 Å². The predicted molar refractivity (Wildman–Crippen MR) is 49.2 cm³/mol. The topological polar surface area (TPSA) is 80.5 Å². The number of nitrogens with two attached hydrogens (primary N) is 1. The number of imidazole rings is 1. The van der Waals surface area contributed by atoms with Crippen LogP contribution in [0.4, 0.5) is 5.82 Å². The first-order valence-electron chi connectivity index (χ1n) is 3.60. The Labute approximate surface area is 78.8 Å². The lowest BCUT2D eigenvalue weighted by Crippen LogP contribution is -1.94. The quantitative estimate of drug-likeness (QED) is 0.741. The van der Waals surface area contributed by atoms with Gasteiger partial charge in [-0.05, 0) is 11.8 Å². The van der Waals surface area contributed by atoms with Gasteiger partial charge in [-0.1, -0.05) is 0 Å². The highest BCUT2D eigenvalue weighted by Crippen LogP contribution is 2.25. The molecule has 0 spiro atoms. The monoisotopic (exact) mass is 193 g/mol. The van der Waals surface area contributed by atoms with Crippen molar-refractivity contribution in [2.45, 2.75) is 10.2 Å². The molecule has 0 saturated carbocycles. The average Bonchev–Trinajstić information content (AvgIpc) is 2.61. The van der Waals surface area contributed by atoms with E-state index in [4.69, 9.17) is 5.73 Å². The van der Waals surface area contributed by atoms with Crippen molar-refractivity contribution in [2.24, 2.45) is 0 Å². The second kappa shape index (κ2) is 3.44. The Morgan fingerprint density at radius 1 is 1.15 bits per heavy atom. The van der Waals surface area contributed by atoms with Crippen molar-refractivity contribution in [2.75, 3.05) is 5.73 Å². The highest BCUT2D eigenvalue weighted by molar-refractivity contribution is 7.99. The first kappa shape index (κ1) is 8.06. The Hall–Kier alpha value is -1.56. The molecule has 5 nitrogen and oxygen atoms in total. The summed E-state index contributed by atoms with van der Waals surface area (Å²) in [5.74, 6) is 0.420. The molecule has 2 aromatic rings. The lowest BCUT2D eigenvalue weighted by atomic mass is 10.7. The van der Waals surface area contributed by atoms with E-state index in [1.165, 1.54) is 11.8 Å². The fraction of sp³-hybridized carbons (Fsp3) is 0. The average molecular weight is 193 g/mol. The molecule has 2 rings (SSSR count). The molecule has 0 fully saturated rings. The number of anilines is 1. The van der Waals surface area contributed by atoms with E-state index in [2.05, 4.69) is 19.9 Å². The van der Waals surface area contributed by atoms with Gasteiger partial charge in [-0.3, -0.25) is 0 Å². The van der Waals surface area contributed by atoms with Crippen LogP contribution >= 0.6 is 11.8 Å². The number of aromatic nitrogens is 4. The zero-order chi connectivity index (χ0) is 9.10. The van der Waals surface area contributed by atoms with E-state index in [1.54, 1.807) is 24.8 Å². The number of nitrogens with zero attached hydrogens (tertiary/aromatic N) is 3. The maximum Gasteiger partial charge on any atom is 0.171 e. The van der Waals surface area contributed by atoms with Crippen LogP contribution in [0.5, 0.6) is 0 Å². The molecule has 0 aliphatic rings. The fourth-order valence-electron chi connectivity index (χ4n) is 0.813. The van der Waals surface area contributed by atoms with Gasteiger partial charge in [0.15, 0.2) is 11.0 Å². The van der Waals surface area contributed by atoms with E-state index in [1.807, 2.05) is 0 Å². The van der Waals surface area contributed by atoms with Gasteiger partial charge in [0.25, 0.3) is 0 Å². The van der Waals surface area contributed by atoms with Gasteiger partial charge in [0.05, 0.1) is 0 Å². The Balaban J connectivity index is 2.24. The van der Waals surface area contributed by atoms with Gasteiger partial charge < -0.3 is 10.7 Å². The molecule has 3 N–H and O–H groups in total. The first-order valence-corrected chi connectivity index (χ1v) is 4.41. The molecule has 0 atom stereocenters. The number of H-pyrrole nitrogens is 1. The molecule has 6 heteroatoms. The molecule has 0 bridgehead atoms. The van der Waals surface area contributed by atoms with Gasteiger partial charge in [-0.15, -0.1) is 0 Å². The van der Waals surface area contributed by atoms with Crippen LogP contribution in [0.2, 0.25) is 0 Å². The minimum atomic E-state index is 0.420. The Morgan fingerprint density at radius 2 is 2.00 bits per heavy atom. The zero-order valence-corrected chi connectivity index (χ0v) is 7.45. The van der Waals surface area contributed by atoms with Crippen molar-refractivity contribution in [3.63, 3.8) is 0 Å². The summed E-state index contributed by atoms with van der Waals surface area (Å²) in [7, 11) is 0.